The predicted molar refractivity (Wildman–Crippen MR) is 89.7 cm³/mol. The van der Waals surface area contributed by atoms with Gasteiger partial charge in [-0.15, -0.1) is 0 Å². The van der Waals surface area contributed by atoms with Crippen molar-refractivity contribution in [2.75, 3.05) is 0 Å². The maximum atomic E-state index is 2.41. The van der Waals surface area contributed by atoms with Crippen LogP contribution in [0, 0.1) is 0 Å². The predicted octanol–water partition coefficient (Wildman–Crippen LogP) is 4.85. The topological polar surface area (TPSA) is 0 Å². The summed E-state index contributed by atoms with van der Waals surface area (Å²) in [4.78, 5) is 0. The Hall–Kier alpha value is -0.715. The molecule has 19 heavy (non-hydrogen) atoms. The number of unbranched alkanes of at least 4 members (excludes halogenated alkanes) is 3. The van der Waals surface area contributed by atoms with E-state index in [2.05, 4.69) is 52.9 Å². The van der Waals surface area contributed by atoms with Crippen LogP contribution >= 0.6 is 0 Å². The second kappa shape index (κ2) is 8.45. The number of hydrogen-bond acceptors (Lipinski definition) is 0. The maximum Gasteiger partial charge on any atom is 0.115 e. The van der Waals surface area contributed by atoms with Gasteiger partial charge in [-0.25, -0.2) is 0 Å². The molecule has 0 fully saturated rings. The molecule has 0 aliphatic rings. The van der Waals surface area contributed by atoms with Crippen molar-refractivity contribution in [2.45, 2.75) is 77.5 Å². The number of rotatable bonds is 9. The molecule has 1 aromatic carbocycles. The first-order valence-electron chi connectivity index (χ1n) is 8.25. The Morgan fingerprint density at radius 1 is 0.895 bits per heavy atom. The van der Waals surface area contributed by atoms with Crippen molar-refractivity contribution in [1.29, 1.82) is 0 Å². The lowest BCUT2D eigenvalue weighted by Gasteiger charge is -2.29. The minimum absolute atomic E-state index is 0.371. The minimum atomic E-state index is 0.371. The zero-order chi connectivity index (χ0) is 14.1. The molecule has 0 nitrogen and oxygen atoms in total. The fraction of sp³-hybridized carbons (Fsp3) is 0.667. The Balaban J connectivity index is 2.59. The highest BCUT2D eigenvalue weighted by atomic mass is 14.2. The Morgan fingerprint density at radius 2 is 1.58 bits per heavy atom. The third-order valence-corrected chi connectivity index (χ3v) is 4.55. The van der Waals surface area contributed by atoms with Crippen molar-refractivity contribution in [3.63, 3.8) is 0 Å². The molecule has 1 aromatic rings. The molecule has 1 heteroatoms. The van der Waals surface area contributed by atoms with Crippen LogP contribution in [-0.2, 0) is 11.7 Å². The molecule has 0 bridgehead atoms. The van der Waals surface area contributed by atoms with Gasteiger partial charge >= 0.3 is 0 Å². The van der Waals surface area contributed by atoms with Gasteiger partial charge in [0.05, 0.1) is 0 Å². The van der Waals surface area contributed by atoms with Gasteiger partial charge in [0.15, 0.2) is 0 Å². The smallest absolute Gasteiger partial charge is 0.0654 e. The van der Waals surface area contributed by atoms with Gasteiger partial charge in [-0.3, -0.25) is 0 Å². The van der Waals surface area contributed by atoms with Gasteiger partial charge in [0.25, 0.3) is 0 Å². The van der Waals surface area contributed by atoms with Crippen molar-refractivity contribution < 1.29 is 0 Å². The van der Waals surface area contributed by atoms with Crippen LogP contribution in [0.5, 0.6) is 0 Å². The van der Waals surface area contributed by atoms with E-state index < -0.39 is 0 Å². The Kier molecular flexibility index (Phi) is 7.27. The van der Waals surface area contributed by atoms with Crippen LogP contribution in [0.3, 0.4) is 0 Å². The van der Waals surface area contributed by atoms with Crippen molar-refractivity contribution in [1.82, 2.24) is 0 Å². The maximum absolute atomic E-state index is 2.41. The second-order valence-corrected chi connectivity index (χ2v) is 6.17. The van der Waals surface area contributed by atoms with E-state index in [0.717, 1.165) is 0 Å². The van der Waals surface area contributed by atoms with E-state index >= 15 is 0 Å². The average Bonchev–Trinajstić information content (AvgIpc) is 2.44. The fourth-order valence-electron chi connectivity index (χ4n) is 2.91. The molecule has 0 N–H and O–H groups in total. The largest absolute Gasteiger partial charge is 0.115 e. The third kappa shape index (κ3) is 5.05. The highest BCUT2D eigenvalue weighted by Gasteiger charge is 2.22. The van der Waals surface area contributed by atoms with E-state index in [-0.39, 0.29) is 0 Å². The number of benzene rings is 1. The molecule has 0 heterocycles. The molecule has 1 rings (SSSR count). The van der Waals surface area contributed by atoms with Crippen LogP contribution in [0.1, 0.15) is 76.8 Å². The molecule has 0 aromatic heterocycles. The molecule has 0 saturated heterocycles. The first-order valence-corrected chi connectivity index (χ1v) is 8.25. The lowest BCUT2D eigenvalue weighted by Crippen LogP contribution is -2.25. The van der Waals surface area contributed by atoms with E-state index in [0.29, 0.717) is 5.31 Å². The number of hydrogen-bond donors (Lipinski definition) is 0. The van der Waals surface area contributed by atoms with Crippen LogP contribution in [0.25, 0.3) is 0 Å². The normalized spacial score (nSPS) is 14.3. The lowest BCUT2D eigenvalue weighted by molar-refractivity contribution is 0.527. The minimum Gasteiger partial charge on any atom is -0.0654 e. The molecule has 1 atom stereocenters. The van der Waals surface area contributed by atoms with Crippen LogP contribution < -0.4 is 0 Å². The molecule has 0 saturated carbocycles. The molecular formula is C18H31B. The number of aryl methyl sites for hydroxylation is 1. The second-order valence-electron chi connectivity index (χ2n) is 6.17. The standard InChI is InChI=1S/C18H31B/c1-4-7-8-9-10-16-11-13-17(14-12-16)18(19,6-3)15-5-2/h11-14H,4-10,15,19H2,1-3H3. The zero-order valence-corrected chi connectivity index (χ0v) is 13.5. The lowest BCUT2D eigenvalue weighted by atomic mass is 9.60. The van der Waals surface area contributed by atoms with Crippen LogP contribution in [0.2, 0.25) is 0 Å². The molecule has 0 aliphatic carbocycles. The molecule has 0 radical (unpaired) electrons. The third-order valence-electron chi connectivity index (χ3n) is 4.55. The Bertz CT molecular complexity index is 341. The summed E-state index contributed by atoms with van der Waals surface area (Å²) in [7, 11) is 2.41. The van der Waals surface area contributed by atoms with Crippen LogP contribution in [-0.4, -0.2) is 7.85 Å². The van der Waals surface area contributed by atoms with Gasteiger partial charge in [-0.2, -0.15) is 0 Å². The Labute approximate surface area is 121 Å². The summed E-state index contributed by atoms with van der Waals surface area (Å²) in [5.41, 5.74) is 3.03. The first-order chi connectivity index (χ1) is 9.16. The van der Waals surface area contributed by atoms with E-state index in [9.17, 15) is 0 Å². The van der Waals surface area contributed by atoms with Crippen molar-refractivity contribution in [3.8, 4) is 0 Å². The Morgan fingerprint density at radius 3 is 2.11 bits per heavy atom. The highest BCUT2D eigenvalue weighted by molar-refractivity contribution is 6.15. The summed E-state index contributed by atoms with van der Waals surface area (Å²) in [6.45, 7) is 6.87. The zero-order valence-electron chi connectivity index (χ0n) is 13.5. The van der Waals surface area contributed by atoms with Crippen molar-refractivity contribution in [3.05, 3.63) is 35.4 Å². The summed E-state index contributed by atoms with van der Waals surface area (Å²) < 4.78 is 0. The molecule has 1 unspecified atom stereocenters. The van der Waals surface area contributed by atoms with Gasteiger partial charge in [-0.05, 0) is 29.3 Å². The average molecular weight is 258 g/mol. The van der Waals surface area contributed by atoms with Crippen molar-refractivity contribution in [2.24, 2.45) is 0 Å². The highest BCUT2D eigenvalue weighted by Crippen LogP contribution is 2.29. The van der Waals surface area contributed by atoms with E-state index in [1.807, 2.05) is 0 Å². The summed E-state index contributed by atoms with van der Waals surface area (Å²) in [6.07, 6.45) is 10.5. The fourth-order valence-corrected chi connectivity index (χ4v) is 2.91. The molecule has 0 spiro atoms. The molecule has 0 amide bonds. The summed E-state index contributed by atoms with van der Waals surface area (Å²) in [6, 6.07) is 9.44. The van der Waals surface area contributed by atoms with Crippen LogP contribution in [0.4, 0.5) is 0 Å². The van der Waals surface area contributed by atoms with E-state index in [4.69, 9.17) is 0 Å². The van der Waals surface area contributed by atoms with E-state index in [1.165, 1.54) is 62.5 Å². The van der Waals surface area contributed by atoms with E-state index in [1.54, 1.807) is 0 Å². The van der Waals surface area contributed by atoms with Crippen LogP contribution in [0.15, 0.2) is 24.3 Å². The summed E-state index contributed by atoms with van der Waals surface area (Å²) in [5.74, 6) is 0. The molecular weight excluding hydrogens is 227 g/mol. The van der Waals surface area contributed by atoms with Crippen molar-refractivity contribution >= 4 is 7.85 Å². The summed E-state index contributed by atoms with van der Waals surface area (Å²) in [5, 5.41) is 0.371. The van der Waals surface area contributed by atoms with Gasteiger partial charge in [0, 0.05) is 0 Å². The molecule has 106 valence electrons. The molecule has 0 aliphatic heterocycles. The van der Waals surface area contributed by atoms with Gasteiger partial charge in [-0.1, -0.05) is 83.6 Å². The first kappa shape index (κ1) is 16.3. The quantitative estimate of drug-likeness (QED) is 0.439. The summed E-state index contributed by atoms with van der Waals surface area (Å²) >= 11 is 0. The van der Waals surface area contributed by atoms with Gasteiger partial charge in [0.2, 0.25) is 0 Å². The SMILES string of the molecule is BC(CC)(CCC)c1ccc(CCCCCC)cc1. The monoisotopic (exact) mass is 258 g/mol. The van der Waals surface area contributed by atoms with Gasteiger partial charge in [0.1, 0.15) is 7.85 Å². The van der Waals surface area contributed by atoms with Gasteiger partial charge < -0.3 is 0 Å².